The zero-order chi connectivity index (χ0) is 21.2. The number of hydrogen-bond acceptors (Lipinski definition) is 5. The normalized spacial score (nSPS) is 23.2. The van der Waals surface area contributed by atoms with Crippen LogP contribution < -0.4 is 0 Å². The maximum atomic E-state index is 9.94. The molecular formula is C24H46O5. The van der Waals surface area contributed by atoms with Crippen LogP contribution in [0.4, 0.5) is 0 Å². The van der Waals surface area contributed by atoms with Gasteiger partial charge in [0.25, 0.3) is 0 Å². The molecule has 0 saturated carbocycles. The van der Waals surface area contributed by atoms with Crippen molar-refractivity contribution >= 4 is 0 Å². The van der Waals surface area contributed by atoms with Gasteiger partial charge in [0.15, 0.2) is 0 Å². The first-order chi connectivity index (χ1) is 14.2. The molecule has 4 atom stereocenters. The molecule has 1 heterocycles. The van der Waals surface area contributed by atoms with E-state index in [2.05, 4.69) is 19.1 Å². The maximum Gasteiger partial charge on any atom is 0.114 e. The molecule has 3 N–H and O–H groups in total. The van der Waals surface area contributed by atoms with Gasteiger partial charge >= 0.3 is 0 Å². The molecule has 0 aromatic carbocycles. The predicted octanol–water partition coefficient (Wildman–Crippen LogP) is 4.52. The number of aliphatic hydroxyl groups excluding tert-OH is 3. The Morgan fingerprint density at radius 3 is 1.97 bits per heavy atom. The van der Waals surface area contributed by atoms with Gasteiger partial charge in [-0.1, -0.05) is 76.9 Å². The summed E-state index contributed by atoms with van der Waals surface area (Å²) in [7, 11) is 0. The minimum Gasteiger partial charge on any atom is -0.388 e. The van der Waals surface area contributed by atoms with Crippen molar-refractivity contribution in [1.82, 2.24) is 0 Å². The Kier molecular flexibility index (Phi) is 16.8. The van der Waals surface area contributed by atoms with Crippen LogP contribution in [0.3, 0.4) is 0 Å². The van der Waals surface area contributed by atoms with Gasteiger partial charge in [0.05, 0.1) is 13.2 Å². The Balaban J connectivity index is 1.79. The van der Waals surface area contributed by atoms with Crippen molar-refractivity contribution in [2.45, 2.75) is 121 Å². The van der Waals surface area contributed by atoms with Crippen molar-refractivity contribution in [3.05, 3.63) is 12.2 Å². The molecule has 29 heavy (non-hydrogen) atoms. The topological polar surface area (TPSA) is 79.2 Å². The van der Waals surface area contributed by atoms with Crippen LogP contribution in [0.5, 0.6) is 0 Å². The van der Waals surface area contributed by atoms with E-state index in [4.69, 9.17) is 9.47 Å². The lowest BCUT2D eigenvalue weighted by Gasteiger charge is -2.20. The van der Waals surface area contributed by atoms with Gasteiger partial charge in [-0.05, 0) is 32.1 Å². The Hall–Kier alpha value is -0.460. The maximum absolute atomic E-state index is 9.94. The van der Waals surface area contributed by atoms with Gasteiger partial charge in [-0.2, -0.15) is 0 Å². The van der Waals surface area contributed by atoms with E-state index in [0.717, 1.165) is 19.3 Å². The molecule has 0 aromatic rings. The second kappa shape index (κ2) is 18.3. The first-order valence-electron chi connectivity index (χ1n) is 12.0. The smallest absolute Gasteiger partial charge is 0.114 e. The monoisotopic (exact) mass is 414 g/mol. The van der Waals surface area contributed by atoms with E-state index < -0.39 is 24.4 Å². The van der Waals surface area contributed by atoms with Crippen molar-refractivity contribution in [3.63, 3.8) is 0 Å². The highest BCUT2D eigenvalue weighted by Crippen LogP contribution is 2.18. The molecule has 0 radical (unpaired) electrons. The Labute approximate surface area is 178 Å². The Morgan fingerprint density at radius 2 is 1.41 bits per heavy atom. The van der Waals surface area contributed by atoms with Gasteiger partial charge in [-0.25, -0.2) is 0 Å². The molecule has 0 spiro atoms. The number of ether oxygens (including phenoxy) is 2. The summed E-state index contributed by atoms with van der Waals surface area (Å²) in [6.45, 7) is 3.08. The van der Waals surface area contributed by atoms with E-state index in [0.29, 0.717) is 6.61 Å². The molecule has 0 aromatic heterocycles. The van der Waals surface area contributed by atoms with E-state index in [9.17, 15) is 15.3 Å². The lowest BCUT2D eigenvalue weighted by Crippen LogP contribution is -2.40. The van der Waals surface area contributed by atoms with Crippen molar-refractivity contribution in [1.29, 1.82) is 0 Å². The molecule has 0 bridgehead atoms. The zero-order valence-electron chi connectivity index (χ0n) is 18.6. The summed E-state index contributed by atoms with van der Waals surface area (Å²) in [6.07, 6.45) is 19.1. The zero-order valence-corrected chi connectivity index (χ0v) is 18.6. The van der Waals surface area contributed by atoms with Crippen molar-refractivity contribution in [3.8, 4) is 0 Å². The second-order valence-corrected chi connectivity index (χ2v) is 8.44. The summed E-state index contributed by atoms with van der Waals surface area (Å²) in [6, 6.07) is 0. The molecule has 1 aliphatic heterocycles. The third-order valence-electron chi connectivity index (χ3n) is 5.66. The molecule has 1 aliphatic rings. The lowest BCUT2D eigenvalue weighted by atomic mass is 10.1. The van der Waals surface area contributed by atoms with Crippen LogP contribution in [0.2, 0.25) is 0 Å². The van der Waals surface area contributed by atoms with Crippen LogP contribution in [0.15, 0.2) is 12.2 Å². The van der Waals surface area contributed by atoms with Gasteiger partial charge in [-0.3, -0.25) is 0 Å². The van der Waals surface area contributed by atoms with Crippen LogP contribution in [-0.2, 0) is 9.47 Å². The highest BCUT2D eigenvalue weighted by molar-refractivity contribution is 4.87. The van der Waals surface area contributed by atoms with Gasteiger partial charge < -0.3 is 24.8 Å². The van der Waals surface area contributed by atoms with Gasteiger partial charge in [0, 0.05) is 6.61 Å². The third kappa shape index (κ3) is 13.5. The van der Waals surface area contributed by atoms with Crippen LogP contribution in [0, 0.1) is 0 Å². The van der Waals surface area contributed by atoms with E-state index in [-0.39, 0.29) is 13.2 Å². The summed E-state index contributed by atoms with van der Waals surface area (Å²) >= 11 is 0. The van der Waals surface area contributed by atoms with E-state index in [1.165, 1.54) is 70.6 Å². The minimum atomic E-state index is -1.03. The summed E-state index contributed by atoms with van der Waals surface area (Å²) in [5, 5.41) is 29.0. The molecule has 0 amide bonds. The quantitative estimate of drug-likeness (QED) is 0.214. The molecule has 5 heteroatoms. The number of hydrogen-bond donors (Lipinski definition) is 3. The average molecular weight is 415 g/mol. The van der Waals surface area contributed by atoms with E-state index >= 15 is 0 Å². The molecule has 0 aliphatic carbocycles. The average Bonchev–Trinajstić information content (AvgIpc) is 3.05. The van der Waals surface area contributed by atoms with E-state index in [1.807, 2.05) is 0 Å². The molecule has 0 unspecified atom stereocenters. The number of rotatable bonds is 19. The molecule has 172 valence electrons. The molecule has 1 saturated heterocycles. The Morgan fingerprint density at radius 1 is 0.862 bits per heavy atom. The molecule has 5 nitrogen and oxygen atoms in total. The predicted molar refractivity (Wildman–Crippen MR) is 118 cm³/mol. The highest BCUT2D eigenvalue weighted by Gasteiger charge is 2.39. The standard InChI is InChI=1S/C24H46O5/c1-2-3-4-5-6-7-8-9-10-11-12-13-14-15-16-17-18-28-19-22(26)24-23(27)21(25)20-29-24/h11-12,21-27H,2-10,13-20H2,1H3/b12-11+/t21-,22+,23+,24+/m1/s1. The fraction of sp³-hybridized carbons (Fsp3) is 0.917. The highest BCUT2D eigenvalue weighted by atomic mass is 16.5. The SMILES string of the molecule is CCCCCCCCCC/C=C/CCCCCCOC[C@H](O)[C@@H]1OC[C@@H](O)[C@@H]1O. The lowest BCUT2D eigenvalue weighted by molar-refractivity contribution is -0.0813. The van der Waals surface area contributed by atoms with Crippen molar-refractivity contribution in [2.24, 2.45) is 0 Å². The van der Waals surface area contributed by atoms with Crippen LogP contribution in [-0.4, -0.2) is 59.6 Å². The number of aliphatic hydroxyl groups is 3. The van der Waals surface area contributed by atoms with Gasteiger partial charge in [0.1, 0.15) is 24.4 Å². The summed E-state index contributed by atoms with van der Waals surface area (Å²) in [5.74, 6) is 0. The first kappa shape index (κ1) is 26.6. The van der Waals surface area contributed by atoms with Crippen LogP contribution >= 0.6 is 0 Å². The molecular weight excluding hydrogens is 368 g/mol. The van der Waals surface area contributed by atoms with Crippen LogP contribution in [0.25, 0.3) is 0 Å². The second-order valence-electron chi connectivity index (χ2n) is 8.44. The fourth-order valence-corrected chi connectivity index (χ4v) is 3.72. The number of unbranched alkanes of at least 4 members (excludes halogenated alkanes) is 12. The molecule has 1 fully saturated rings. The van der Waals surface area contributed by atoms with E-state index in [1.54, 1.807) is 0 Å². The first-order valence-corrected chi connectivity index (χ1v) is 12.0. The largest absolute Gasteiger partial charge is 0.388 e. The third-order valence-corrected chi connectivity index (χ3v) is 5.66. The fourth-order valence-electron chi connectivity index (χ4n) is 3.72. The minimum absolute atomic E-state index is 0.0659. The summed E-state index contributed by atoms with van der Waals surface area (Å²) in [4.78, 5) is 0. The van der Waals surface area contributed by atoms with Crippen molar-refractivity contribution < 1.29 is 24.8 Å². The summed E-state index contributed by atoms with van der Waals surface area (Å²) in [5.41, 5.74) is 0. The number of allylic oxidation sites excluding steroid dienone is 2. The van der Waals surface area contributed by atoms with Gasteiger partial charge in [-0.15, -0.1) is 0 Å². The Bertz CT molecular complexity index is 387. The van der Waals surface area contributed by atoms with Crippen molar-refractivity contribution in [2.75, 3.05) is 19.8 Å². The van der Waals surface area contributed by atoms with Crippen LogP contribution in [0.1, 0.15) is 96.8 Å². The summed E-state index contributed by atoms with van der Waals surface area (Å²) < 4.78 is 10.7. The molecule has 1 rings (SSSR count). The van der Waals surface area contributed by atoms with Gasteiger partial charge in [0.2, 0.25) is 0 Å².